The minimum atomic E-state index is 0.151. The van der Waals surface area contributed by atoms with E-state index in [4.69, 9.17) is 11.1 Å². The quantitative estimate of drug-likeness (QED) is 0.619. The van der Waals surface area contributed by atoms with Crippen molar-refractivity contribution in [2.24, 2.45) is 5.73 Å². The molecule has 1 aromatic carbocycles. The predicted molar refractivity (Wildman–Crippen MR) is 71.3 cm³/mol. The number of amidine groups is 1. The molecule has 1 aliphatic rings. The van der Waals surface area contributed by atoms with E-state index in [-0.39, 0.29) is 5.84 Å². The van der Waals surface area contributed by atoms with Crippen LogP contribution in [0.2, 0.25) is 0 Å². The minimum absolute atomic E-state index is 0.151. The van der Waals surface area contributed by atoms with Crippen LogP contribution in [0.15, 0.2) is 18.2 Å². The van der Waals surface area contributed by atoms with Crippen molar-refractivity contribution < 1.29 is 0 Å². The standard InChI is InChI=1S/C14H21N3/c1-11-9-12(14(15)16)5-6-13(11)10-17-7-3-2-4-8-17/h5-6,9H,2-4,7-8,10H2,1H3,(H3,15,16). The van der Waals surface area contributed by atoms with E-state index >= 15 is 0 Å². The van der Waals surface area contributed by atoms with Gasteiger partial charge in [0, 0.05) is 12.1 Å². The fraction of sp³-hybridized carbons (Fsp3) is 0.500. The number of hydrogen-bond acceptors (Lipinski definition) is 2. The maximum absolute atomic E-state index is 7.42. The number of likely N-dealkylation sites (tertiary alicyclic amines) is 1. The molecule has 0 saturated carbocycles. The molecule has 92 valence electrons. The maximum Gasteiger partial charge on any atom is 0.122 e. The first-order valence-corrected chi connectivity index (χ1v) is 6.33. The van der Waals surface area contributed by atoms with Crippen molar-refractivity contribution in [1.82, 2.24) is 4.90 Å². The minimum Gasteiger partial charge on any atom is -0.384 e. The summed E-state index contributed by atoms with van der Waals surface area (Å²) in [5.74, 6) is 0.151. The van der Waals surface area contributed by atoms with Crippen molar-refractivity contribution in [2.75, 3.05) is 13.1 Å². The molecule has 1 saturated heterocycles. The molecule has 3 heteroatoms. The zero-order valence-electron chi connectivity index (χ0n) is 10.5. The van der Waals surface area contributed by atoms with E-state index in [1.165, 1.54) is 43.5 Å². The van der Waals surface area contributed by atoms with Crippen molar-refractivity contribution in [3.8, 4) is 0 Å². The fourth-order valence-electron chi connectivity index (χ4n) is 2.40. The second-order valence-electron chi connectivity index (χ2n) is 4.89. The third kappa shape index (κ3) is 3.07. The van der Waals surface area contributed by atoms with Gasteiger partial charge in [0.05, 0.1) is 0 Å². The molecule has 17 heavy (non-hydrogen) atoms. The first kappa shape index (κ1) is 12.1. The lowest BCUT2D eigenvalue weighted by Crippen LogP contribution is -2.29. The van der Waals surface area contributed by atoms with E-state index in [1.54, 1.807) is 0 Å². The van der Waals surface area contributed by atoms with Crippen LogP contribution in [0.25, 0.3) is 0 Å². The molecule has 0 unspecified atom stereocenters. The molecule has 0 aliphatic carbocycles. The van der Waals surface area contributed by atoms with Gasteiger partial charge in [-0.2, -0.15) is 0 Å². The van der Waals surface area contributed by atoms with Gasteiger partial charge in [0.2, 0.25) is 0 Å². The van der Waals surface area contributed by atoms with Crippen LogP contribution in [0, 0.1) is 12.3 Å². The topological polar surface area (TPSA) is 53.1 Å². The van der Waals surface area contributed by atoms with Crippen molar-refractivity contribution in [3.63, 3.8) is 0 Å². The van der Waals surface area contributed by atoms with Gasteiger partial charge in [0.1, 0.15) is 5.84 Å². The summed E-state index contributed by atoms with van der Waals surface area (Å²) >= 11 is 0. The Kier molecular flexibility index (Phi) is 3.79. The number of benzene rings is 1. The number of piperidine rings is 1. The van der Waals surface area contributed by atoms with Crippen LogP contribution < -0.4 is 5.73 Å². The number of hydrogen-bond donors (Lipinski definition) is 2. The van der Waals surface area contributed by atoms with Gasteiger partial charge in [-0.05, 0) is 50.0 Å². The van der Waals surface area contributed by atoms with E-state index in [9.17, 15) is 0 Å². The third-order valence-corrected chi connectivity index (χ3v) is 3.50. The molecule has 1 heterocycles. The third-order valence-electron chi connectivity index (χ3n) is 3.50. The Hall–Kier alpha value is -1.35. The van der Waals surface area contributed by atoms with Gasteiger partial charge < -0.3 is 5.73 Å². The zero-order valence-corrected chi connectivity index (χ0v) is 10.5. The smallest absolute Gasteiger partial charge is 0.122 e. The number of nitrogens with zero attached hydrogens (tertiary/aromatic N) is 1. The summed E-state index contributed by atoms with van der Waals surface area (Å²) in [6.07, 6.45) is 4.02. The van der Waals surface area contributed by atoms with E-state index < -0.39 is 0 Å². The molecule has 0 radical (unpaired) electrons. The summed E-state index contributed by atoms with van der Waals surface area (Å²) in [7, 11) is 0. The van der Waals surface area contributed by atoms with Crippen molar-refractivity contribution >= 4 is 5.84 Å². The molecule has 1 aromatic rings. The number of nitrogen functional groups attached to an aromatic ring is 1. The first-order chi connectivity index (χ1) is 8.16. The van der Waals surface area contributed by atoms with Gasteiger partial charge in [-0.3, -0.25) is 10.3 Å². The zero-order chi connectivity index (χ0) is 12.3. The largest absolute Gasteiger partial charge is 0.384 e. The molecule has 1 fully saturated rings. The van der Waals surface area contributed by atoms with Crippen LogP contribution >= 0.6 is 0 Å². The highest BCUT2D eigenvalue weighted by molar-refractivity contribution is 5.95. The average molecular weight is 231 g/mol. The average Bonchev–Trinajstić information content (AvgIpc) is 2.33. The summed E-state index contributed by atoms with van der Waals surface area (Å²) in [5, 5.41) is 7.42. The molecule has 0 atom stereocenters. The Balaban J connectivity index is 2.08. The Morgan fingerprint density at radius 3 is 2.59 bits per heavy atom. The van der Waals surface area contributed by atoms with Crippen molar-refractivity contribution in [3.05, 3.63) is 34.9 Å². The highest BCUT2D eigenvalue weighted by atomic mass is 15.1. The molecule has 0 spiro atoms. The molecule has 2 rings (SSSR count). The Morgan fingerprint density at radius 1 is 1.29 bits per heavy atom. The van der Waals surface area contributed by atoms with E-state index in [1.807, 2.05) is 12.1 Å². The Morgan fingerprint density at radius 2 is 2.00 bits per heavy atom. The van der Waals surface area contributed by atoms with Crippen molar-refractivity contribution in [1.29, 1.82) is 5.41 Å². The Labute approximate surface area is 103 Å². The normalized spacial score (nSPS) is 17.0. The van der Waals surface area contributed by atoms with Crippen LogP contribution in [-0.4, -0.2) is 23.8 Å². The van der Waals surface area contributed by atoms with Gasteiger partial charge in [-0.15, -0.1) is 0 Å². The fourth-order valence-corrected chi connectivity index (χ4v) is 2.40. The molecule has 3 nitrogen and oxygen atoms in total. The molecule has 0 amide bonds. The number of aryl methyl sites for hydroxylation is 1. The monoisotopic (exact) mass is 231 g/mol. The van der Waals surface area contributed by atoms with Gasteiger partial charge in [-0.1, -0.05) is 18.6 Å². The molecule has 0 aromatic heterocycles. The molecule has 1 aliphatic heterocycles. The van der Waals surface area contributed by atoms with E-state index in [2.05, 4.69) is 17.9 Å². The van der Waals surface area contributed by atoms with Crippen LogP contribution in [0.4, 0.5) is 0 Å². The van der Waals surface area contributed by atoms with Gasteiger partial charge in [-0.25, -0.2) is 0 Å². The molecular weight excluding hydrogens is 210 g/mol. The van der Waals surface area contributed by atoms with E-state index in [0.717, 1.165) is 12.1 Å². The number of rotatable bonds is 3. The lowest BCUT2D eigenvalue weighted by atomic mass is 10.0. The second-order valence-corrected chi connectivity index (χ2v) is 4.89. The second kappa shape index (κ2) is 5.32. The predicted octanol–water partition coefficient (Wildman–Crippen LogP) is 2.26. The summed E-state index contributed by atoms with van der Waals surface area (Å²) in [6, 6.07) is 6.08. The maximum atomic E-state index is 7.42. The summed E-state index contributed by atoms with van der Waals surface area (Å²) < 4.78 is 0. The van der Waals surface area contributed by atoms with Gasteiger partial charge >= 0.3 is 0 Å². The highest BCUT2D eigenvalue weighted by Gasteiger charge is 2.11. The van der Waals surface area contributed by atoms with Crippen LogP contribution in [0.5, 0.6) is 0 Å². The number of nitrogens with two attached hydrogens (primary N) is 1. The van der Waals surface area contributed by atoms with Crippen LogP contribution in [0.3, 0.4) is 0 Å². The SMILES string of the molecule is Cc1cc(C(=N)N)ccc1CN1CCCCC1. The highest BCUT2D eigenvalue weighted by Crippen LogP contribution is 2.16. The lowest BCUT2D eigenvalue weighted by Gasteiger charge is -2.27. The summed E-state index contributed by atoms with van der Waals surface area (Å²) in [6.45, 7) is 5.57. The molecule has 0 bridgehead atoms. The van der Waals surface area contributed by atoms with E-state index in [0.29, 0.717) is 0 Å². The van der Waals surface area contributed by atoms with Crippen LogP contribution in [-0.2, 0) is 6.54 Å². The summed E-state index contributed by atoms with van der Waals surface area (Å²) in [5.41, 5.74) is 8.91. The van der Waals surface area contributed by atoms with Crippen LogP contribution in [0.1, 0.15) is 36.0 Å². The summed E-state index contributed by atoms with van der Waals surface area (Å²) in [4.78, 5) is 2.51. The van der Waals surface area contributed by atoms with Crippen molar-refractivity contribution in [2.45, 2.75) is 32.7 Å². The Bertz CT molecular complexity index is 406. The molecule has 3 N–H and O–H groups in total. The first-order valence-electron chi connectivity index (χ1n) is 6.33. The van der Waals surface area contributed by atoms with Gasteiger partial charge in [0.25, 0.3) is 0 Å². The molecular formula is C14H21N3. The lowest BCUT2D eigenvalue weighted by molar-refractivity contribution is 0.220. The van der Waals surface area contributed by atoms with Gasteiger partial charge in [0.15, 0.2) is 0 Å². The number of nitrogens with one attached hydrogen (secondary N) is 1.